The highest BCUT2D eigenvalue weighted by Crippen LogP contribution is 2.44. The number of benzene rings is 2. The lowest BCUT2D eigenvalue weighted by Crippen LogP contribution is -2.35. The van der Waals surface area contributed by atoms with Gasteiger partial charge in [0.25, 0.3) is 11.8 Å². The highest BCUT2D eigenvalue weighted by atomic mass is 32.2. The third kappa shape index (κ3) is 4.34. The van der Waals surface area contributed by atoms with Crippen LogP contribution in [0, 0.1) is 0 Å². The second-order valence-corrected chi connectivity index (χ2v) is 9.20. The van der Waals surface area contributed by atoms with Crippen molar-refractivity contribution in [1.82, 2.24) is 4.90 Å². The van der Waals surface area contributed by atoms with E-state index in [-0.39, 0.29) is 22.9 Å². The predicted octanol–water partition coefficient (Wildman–Crippen LogP) is 3.44. The lowest BCUT2D eigenvalue weighted by atomic mass is 10.1. The monoisotopic (exact) mass is 495 g/mol. The van der Waals surface area contributed by atoms with E-state index in [0.29, 0.717) is 33.4 Å². The number of rotatable bonds is 6. The first-order chi connectivity index (χ1) is 16.3. The average Bonchev–Trinajstić information content (AvgIpc) is 3.26. The molecule has 0 radical (unpaired) electrons. The minimum absolute atomic E-state index is 0.243. The minimum Gasteiger partial charge on any atom is -0.465 e. The minimum atomic E-state index is -0.478. The lowest BCUT2D eigenvalue weighted by Gasteiger charge is -2.17. The SMILES string of the molecule is CCCN1C(=O)/C(=C2\C(=O)N(CC(=O)Nc3ccc(C(=O)OC)cc3)c3ccccc32)SC1=S. The van der Waals surface area contributed by atoms with E-state index in [1.165, 1.54) is 29.0 Å². The van der Waals surface area contributed by atoms with Crippen LogP contribution >= 0.6 is 24.0 Å². The quantitative estimate of drug-likeness (QED) is 0.373. The number of fused-ring (bicyclic) bond motifs is 1. The summed E-state index contributed by atoms with van der Waals surface area (Å²) in [6, 6.07) is 13.3. The fraction of sp³-hybridized carbons (Fsp3) is 0.208. The Morgan fingerprint density at radius 3 is 2.41 bits per heavy atom. The van der Waals surface area contributed by atoms with Crippen LogP contribution in [0.1, 0.15) is 29.3 Å². The number of methoxy groups -OCH3 is 1. The summed E-state index contributed by atoms with van der Waals surface area (Å²) in [5, 5.41) is 2.73. The number of thiocarbonyl (C=S) groups is 1. The number of nitrogens with zero attached hydrogens (tertiary/aromatic N) is 2. The molecule has 0 aliphatic carbocycles. The summed E-state index contributed by atoms with van der Waals surface area (Å²) in [5.74, 6) is -1.61. The molecule has 0 unspecified atom stereocenters. The number of para-hydroxylation sites is 1. The van der Waals surface area contributed by atoms with Gasteiger partial charge in [0, 0.05) is 17.8 Å². The van der Waals surface area contributed by atoms with Crippen LogP contribution in [0.3, 0.4) is 0 Å². The maximum absolute atomic E-state index is 13.4. The molecule has 0 bridgehead atoms. The van der Waals surface area contributed by atoms with Gasteiger partial charge in [0.2, 0.25) is 5.91 Å². The zero-order chi connectivity index (χ0) is 24.4. The van der Waals surface area contributed by atoms with Crippen molar-refractivity contribution in [3.8, 4) is 0 Å². The highest BCUT2D eigenvalue weighted by molar-refractivity contribution is 8.26. The average molecular weight is 496 g/mol. The molecule has 0 saturated carbocycles. The number of amides is 3. The molecule has 2 aromatic carbocycles. The molecular formula is C24H21N3O5S2. The number of hydrogen-bond acceptors (Lipinski definition) is 7. The van der Waals surface area contributed by atoms with E-state index in [0.717, 1.165) is 18.2 Å². The molecule has 1 fully saturated rings. The topological polar surface area (TPSA) is 96.0 Å². The Hall–Kier alpha value is -3.50. The van der Waals surface area contributed by atoms with Crippen LogP contribution in [0.4, 0.5) is 11.4 Å². The summed E-state index contributed by atoms with van der Waals surface area (Å²) >= 11 is 6.47. The number of hydrogen-bond donors (Lipinski definition) is 1. The van der Waals surface area contributed by atoms with Crippen LogP contribution in [0.2, 0.25) is 0 Å². The predicted molar refractivity (Wildman–Crippen MR) is 134 cm³/mol. The Labute approximate surface area is 205 Å². The van der Waals surface area contributed by atoms with E-state index in [9.17, 15) is 19.2 Å². The smallest absolute Gasteiger partial charge is 0.337 e. The molecule has 0 atom stereocenters. The van der Waals surface area contributed by atoms with E-state index >= 15 is 0 Å². The summed E-state index contributed by atoms with van der Waals surface area (Å²) in [7, 11) is 1.29. The molecular weight excluding hydrogens is 474 g/mol. The molecule has 1 saturated heterocycles. The summed E-state index contributed by atoms with van der Waals surface area (Å²) in [6.45, 7) is 2.19. The van der Waals surface area contributed by atoms with Crippen molar-refractivity contribution in [1.29, 1.82) is 0 Å². The fourth-order valence-corrected chi connectivity index (χ4v) is 5.15. The lowest BCUT2D eigenvalue weighted by molar-refractivity contribution is -0.122. The van der Waals surface area contributed by atoms with E-state index in [1.54, 1.807) is 36.4 Å². The molecule has 34 heavy (non-hydrogen) atoms. The van der Waals surface area contributed by atoms with Gasteiger partial charge in [-0.05, 0) is 36.8 Å². The Kier molecular flexibility index (Phi) is 6.80. The third-order valence-corrected chi connectivity index (χ3v) is 6.79. The summed E-state index contributed by atoms with van der Waals surface area (Å²) in [6.07, 6.45) is 0.743. The normalized spacial score (nSPS) is 17.3. The first-order valence-corrected chi connectivity index (χ1v) is 11.8. The molecule has 1 N–H and O–H groups in total. The van der Waals surface area contributed by atoms with Crippen LogP contribution in [-0.2, 0) is 19.1 Å². The second kappa shape index (κ2) is 9.78. The van der Waals surface area contributed by atoms with Gasteiger partial charge >= 0.3 is 5.97 Å². The van der Waals surface area contributed by atoms with Gasteiger partial charge < -0.3 is 10.1 Å². The molecule has 0 aromatic heterocycles. The Morgan fingerprint density at radius 2 is 1.74 bits per heavy atom. The van der Waals surface area contributed by atoms with Crippen molar-refractivity contribution < 1.29 is 23.9 Å². The van der Waals surface area contributed by atoms with Crippen molar-refractivity contribution >= 4 is 68.9 Å². The van der Waals surface area contributed by atoms with Crippen molar-refractivity contribution in [3.05, 3.63) is 64.6 Å². The largest absolute Gasteiger partial charge is 0.465 e. The molecule has 0 spiro atoms. The molecule has 174 valence electrons. The summed E-state index contributed by atoms with van der Waals surface area (Å²) in [5.41, 5.74) is 2.24. The Morgan fingerprint density at radius 1 is 1.03 bits per heavy atom. The van der Waals surface area contributed by atoms with E-state index in [1.807, 2.05) is 6.92 Å². The van der Waals surface area contributed by atoms with Crippen molar-refractivity contribution in [2.24, 2.45) is 0 Å². The fourth-order valence-electron chi connectivity index (χ4n) is 3.77. The van der Waals surface area contributed by atoms with Gasteiger partial charge in [-0.25, -0.2) is 4.79 Å². The van der Waals surface area contributed by atoms with E-state index < -0.39 is 17.8 Å². The van der Waals surface area contributed by atoms with Gasteiger partial charge in [0.1, 0.15) is 10.9 Å². The van der Waals surface area contributed by atoms with Crippen LogP contribution < -0.4 is 10.2 Å². The zero-order valence-corrected chi connectivity index (χ0v) is 20.1. The molecule has 2 aliphatic heterocycles. The number of anilines is 2. The molecule has 3 amide bonds. The first-order valence-electron chi connectivity index (χ1n) is 10.5. The van der Waals surface area contributed by atoms with Gasteiger partial charge in [-0.15, -0.1) is 0 Å². The van der Waals surface area contributed by atoms with Crippen molar-refractivity contribution in [2.75, 3.05) is 30.4 Å². The molecule has 2 aliphatic rings. The highest BCUT2D eigenvalue weighted by Gasteiger charge is 2.42. The number of nitrogens with one attached hydrogen (secondary N) is 1. The molecule has 4 rings (SSSR count). The van der Waals surface area contributed by atoms with Gasteiger partial charge in [0.05, 0.1) is 28.8 Å². The Bertz CT molecular complexity index is 1240. The van der Waals surface area contributed by atoms with Gasteiger partial charge in [-0.3, -0.25) is 24.2 Å². The van der Waals surface area contributed by atoms with Crippen LogP contribution in [0.15, 0.2) is 53.4 Å². The summed E-state index contributed by atoms with van der Waals surface area (Å²) < 4.78 is 5.09. The number of carbonyl (C=O) groups excluding carboxylic acids is 4. The summed E-state index contributed by atoms with van der Waals surface area (Å²) in [4.78, 5) is 53.9. The first kappa shape index (κ1) is 23.7. The molecule has 10 heteroatoms. The molecule has 8 nitrogen and oxygen atoms in total. The Balaban J connectivity index is 1.58. The van der Waals surface area contributed by atoms with Crippen molar-refractivity contribution in [3.63, 3.8) is 0 Å². The van der Waals surface area contributed by atoms with Crippen LogP contribution in [0.25, 0.3) is 5.57 Å². The van der Waals surface area contributed by atoms with Gasteiger partial charge in [-0.1, -0.05) is 49.1 Å². The number of carbonyl (C=O) groups is 4. The van der Waals surface area contributed by atoms with Crippen LogP contribution in [-0.4, -0.2) is 53.1 Å². The number of ether oxygens (including phenoxy) is 1. The van der Waals surface area contributed by atoms with E-state index in [4.69, 9.17) is 12.2 Å². The molecule has 2 aromatic rings. The second-order valence-electron chi connectivity index (χ2n) is 7.55. The maximum atomic E-state index is 13.4. The number of thioether (sulfide) groups is 1. The maximum Gasteiger partial charge on any atom is 0.337 e. The number of esters is 1. The van der Waals surface area contributed by atoms with Crippen LogP contribution in [0.5, 0.6) is 0 Å². The zero-order valence-electron chi connectivity index (χ0n) is 18.5. The van der Waals surface area contributed by atoms with E-state index in [2.05, 4.69) is 10.1 Å². The standard InChI is InChI=1S/C24H21N3O5S2/c1-3-12-26-22(30)20(34-24(26)33)19-16-6-4-5-7-17(16)27(21(19)29)13-18(28)25-15-10-8-14(9-11-15)23(31)32-2/h4-11H,3,12-13H2,1-2H3,(H,25,28)/b20-19+. The van der Waals surface area contributed by atoms with Crippen molar-refractivity contribution in [2.45, 2.75) is 13.3 Å². The van der Waals surface area contributed by atoms with Gasteiger partial charge in [-0.2, -0.15) is 0 Å². The third-order valence-electron chi connectivity index (χ3n) is 5.34. The molecule has 2 heterocycles. The van der Waals surface area contributed by atoms with Gasteiger partial charge in [0.15, 0.2) is 0 Å².